The van der Waals surface area contributed by atoms with Gasteiger partial charge in [-0.05, 0) is 31.3 Å². The fraction of sp³-hybridized carbons (Fsp3) is 0.786. The van der Waals surface area contributed by atoms with E-state index in [-0.39, 0.29) is 0 Å². The fourth-order valence-corrected chi connectivity index (χ4v) is 2.28. The van der Waals surface area contributed by atoms with Crippen LogP contribution in [0.4, 0.5) is 0 Å². The lowest BCUT2D eigenvalue weighted by atomic mass is 9.98. The summed E-state index contributed by atoms with van der Waals surface area (Å²) >= 11 is 0. The van der Waals surface area contributed by atoms with Crippen molar-refractivity contribution >= 4 is 5.78 Å². The fourth-order valence-electron chi connectivity index (χ4n) is 2.28. The van der Waals surface area contributed by atoms with Crippen LogP contribution in [0.15, 0.2) is 11.6 Å². The molecule has 0 aromatic rings. The number of rotatable bonds is 6. The van der Waals surface area contributed by atoms with Gasteiger partial charge in [-0.3, -0.25) is 4.79 Å². The lowest BCUT2D eigenvalue weighted by molar-refractivity contribution is -0.118. The topological polar surface area (TPSA) is 17.1 Å². The number of Topliss-reactive ketones (excluding diaryl/α,β-unsaturated/α-hetero) is 1. The maximum Gasteiger partial charge on any atom is 0.161 e. The van der Waals surface area contributed by atoms with Crippen molar-refractivity contribution in [3.63, 3.8) is 0 Å². The minimum absolute atomic E-state index is 0.361. The molecule has 1 rings (SSSR count). The summed E-state index contributed by atoms with van der Waals surface area (Å²) < 4.78 is 0. The Morgan fingerprint density at radius 1 is 1.27 bits per heavy atom. The van der Waals surface area contributed by atoms with Crippen molar-refractivity contribution in [3.05, 3.63) is 11.6 Å². The van der Waals surface area contributed by atoms with Crippen LogP contribution in [0.1, 0.15) is 65.2 Å². The molecule has 1 heteroatoms. The summed E-state index contributed by atoms with van der Waals surface area (Å²) in [6.45, 7) is 4.37. The molecule has 1 nitrogen and oxygen atoms in total. The molecule has 0 spiro atoms. The molecular weight excluding hydrogens is 184 g/mol. The van der Waals surface area contributed by atoms with Crippen LogP contribution in [0.2, 0.25) is 0 Å². The zero-order chi connectivity index (χ0) is 11.1. The first-order valence-corrected chi connectivity index (χ1v) is 6.52. The number of carbonyl (C=O) groups is 1. The second kappa shape index (κ2) is 6.81. The normalized spacial score (nSPS) is 24.0. The Labute approximate surface area is 93.9 Å². The van der Waals surface area contributed by atoms with E-state index in [0.29, 0.717) is 11.7 Å². The van der Waals surface area contributed by atoms with Crippen LogP contribution in [0, 0.1) is 5.92 Å². The highest BCUT2D eigenvalue weighted by Gasteiger charge is 2.27. The third-order valence-corrected chi connectivity index (χ3v) is 3.28. The predicted molar refractivity (Wildman–Crippen MR) is 64.9 cm³/mol. The molecule has 1 aliphatic rings. The largest absolute Gasteiger partial charge is 0.294 e. The number of carbonyl (C=O) groups excluding carboxylic acids is 1. The van der Waals surface area contributed by atoms with Crippen LogP contribution in [-0.2, 0) is 4.79 Å². The van der Waals surface area contributed by atoms with E-state index in [4.69, 9.17) is 0 Å². The molecule has 1 fully saturated rings. The molecule has 0 N–H and O–H groups in total. The summed E-state index contributed by atoms with van der Waals surface area (Å²) in [5, 5.41) is 0. The van der Waals surface area contributed by atoms with Crippen LogP contribution in [0.5, 0.6) is 0 Å². The standard InChI is InChI=1S/C14H24O/c1-3-5-7-9-13-11-10-12(14(13)15)8-6-4-2/h8,13H,3-7,9-11H2,1-2H3/b12-8-. The van der Waals surface area contributed by atoms with Crippen molar-refractivity contribution in [1.29, 1.82) is 0 Å². The molecule has 1 unspecified atom stereocenters. The van der Waals surface area contributed by atoms with Crippen molar-refractivity contribution in [2.45, 2.75) is 65.2 Å². The van der Waals surface area contributed by atoms with Crippen LogP contribution in [-0.4, -0.2) is 5.78 Å². The van der Waals surface area contributed by atoms with Crippen molar-refractivity contribution in [1.82, 2.24) is 0 Å². The Kier molecular flexibility index (Phi) is 5.67. The monoisotopic (exact) mass is 208 g/mol. The molecule has 0 aromatic carbocycles. The van der Waals surface area contributed by atoms with E-state index in [2.05, 4.69) is 19.9 Å². The van der Waals surface area contributed by atoms with Gasteiger partial charge in [0.1, 0.15) is 0 Å². The molecule has 0 amide bonds. The van der Waals surface area contributed by atoms with Crippen LogP contribution >= 0.6 is 0 Å². The van der Waals surface area contributed by atoms with Gasteiger partial charge >= 0.3 is 0 Å². The smallest absolute Gasteiger partial charge is 0.161 e. The van der Waals surface area contributed by atoms with Crippen molar-refractivity contribution in [2.75, 3.05) is 0 Å². The maximum atomic E-state index is 11.9. The van der Waals surface area contributed by atoms with E-state index in [1.165, 1.54) is 19.3 Å². The lowest BCUT2D eigenvalue weighted by Gasteiger charge is -2.05. The summed E-state index contributed by atoms with van der Waals surface area (Å²) in [6, 6.07) is 0. The highest BCUT2D eigenvalue weighted by molar-refractivity contribution is 5.99. The Balaban J connectivity index is 2.35. The van der Waals surface area contributed by atoms with Gasteiger partial charge in [0.2, 0.25) is 0 Å². The Bertz CT molecular complexity index is 227. The quantitative estimate of drug-likeness (QED) is 0.470. The van der Waals surface area contributed by atoms with Gasteiger partial charge in [-0.1, -0.05) is 45.6 Å². The number of ketones is 1. The van der Waals surface area contributed by atoms with Gasteiger partial charge < -0.3 is 0 Å². The van der Waals surface area contributed by atoms with E-state index >= 15 is 0 Å². The zero-order valence-electron chi connectivity index (χ0n) is 10.2. The predicted octanol–water partition coefficient (Wildman–Crippen LogP) is 4.27. The molecule has 86 valence electrons. The van der Waals surface area contributed by atoms with E-state index in [1.54, 1.807) is 0 Å². The molecule has 0 aromatic heterocycles. The highest BCUT2D eigenvalue weighted by atomic mass is 16.1. The molecule has 1 aliphatic carbocycles. The van der Waals surface area contributed by atoms with E-state index in [0.717, 1.165) is 37.7 Å². The maximum absolute atomic E-state index is 11.9. The first-order chi connectivity index (χ1) is 7.29. The molecule has 1 saturated carbocycles. The van der Waals surface area contributed by atoms with Crippen LogP contribution in [0.25, 0.3) is 0 Å². The van der Waals surface area contributed by atoms with Gasteiger partial charge in [-0.25, -0.2) is 0 Å². The summed E-state index contributed by atoms with van der Waals surface area (Å²) in [7, 11) is 0. The molecule has 0 saturated heterocycles. The molecule has 1 atom stereocenters. The summed E-state index contributed by atoms with van der Waals surface area (Å²) in [5.74, 6) is 0.819. The van der Waals surface area contributed by atoms with Crippen LogP contribution in [0.3, 0.4) is 0 Å². The summed E-state index contributed by atoms with van der Waals surface area (Å²) in [6.07, 6.45) is 11.4. The van der Waals surface area contributed by atoms with E-state index < -0.39 is 0 Å². The van der Waals surface area contributed by atoms with Gasteiger partial charge in [0, 0.05) is 5.92 Å². The lowest BCUT2D eigenvalue weighted by Crippen LogP contribution is -2.07. The average molecular weight is 208 g/mol. The zero-order valence-corrected chi connectivity index (χ0v) is 10.2. The van der Waals surface area contributed by atoms with Crippen LogP contribution < -0.4 is 0 Å². The first-order valence-electron chi connectivity index (χ1n) is 6.52. The molecular formula is C14H24O. The van der Waals surface area contributed by atoms with Crippen molar-refractivity contribution in [3.8, 4) is 0 Å². The Morgan fingerprint density at radius 2 is 2.07 bits per heavy atom. The summed E-state index contributed by atoms with van der Waals surface area (Å²) in [4.78, 5) is 11.9. The number of allylic oxidation sites excluding steroid dienone is 2. The van der Waals surface area contributed by atoms with Gasteiger partial charge in [-0.2, -0.15) is 0 Å². The van der Waals surface area contributed by atoms with E-state index in [1.807, 2.05) is 0 Å². The van der Waals surface area contributed by atoms with Gasteiger partial charge in [0.15, 0.2) is 5.78 Å². The second-order valence-electron chi connectivity index (χ2n) is 4.61. The third-order valence-electron chi connectivity index (χ3n) is 3.28. The van der Waals surface area contributed by atoms with Gasteiger partial charge in [0.25, 0.3) is 0 Å². The summed E-state index contributed by atoms with van der Waals surface area (Å²) in [5.41, 5.74) is 1.12. The third kappa shape index (κ3) is 3.81. The molecule has 0 aliphatic heterocycles. The number of hydrogen-bond donors (Lipinski definition) is 0. The SMILES string of the molecule is CCC/C=C1/CCC(CCCCC)C1=O. The number of hydrogen-bond acceptors (Lipinski definition) is 1. The van der Waals surface area contributed by atoms with Crippen molar-refractivity contribution < 1.29 is 4.79 Å². The molecule has 0 radical (unpaired) electrons. The minimum Gasteiger partial charge on any atom is -0.294 e. The molecule has 15 heavy (non-hydrogen) atoms. The van der Waals surface area contributed by atoms with E-state index in [9.17, 15) is 4.79 Å². The van der Waals surface area contributed by atoms with Crippen molar-refractivity contribution in [2.24, 2.45) is 5.92 Å². The average Bonchev–Trinajstić information content (AvgIpc) is 2.58. The Hall–Kier alpha value is -0.590. The first kappa shape index (κ1) is 12.5. The minimum atomic E-state index is 0.361. The highest BCUT2D eigenvalue weighted by Crippen LogP contribution is 2.30. The second-order valence-corrected chi connectivity index (χ2v) is 4.61. The molecule has 0 bridgehead atoms. The van der Waals surface area contributed by atoms with Gasteiger partial charge in [-0.15, -0.1) is 0 Å². The van der Waals surface area contributed by atoms with Gasteiger partial charge in [0.05, 0.1) is 0 Å². The number of unbranched alkanes of at least 4 members (excludes halogenated alkanes) is 3. The Morgan fingerprint density at radius 3 is 2.73 bits per heavy atom. The molecule has 0 heterocycles.